The zero-order chi connectivity index (χ0) is 16.7. The number of nitriles is 1. The van der Waals surface area contributed by atoms with Gasteiger partial charge in [0.15, 0.2) is 11.5 Å². The summed E-state index contributed by atoms with van der Waals surface area (Å²) < 4.78 is 11.8. The Bertz CT molecular complexity index is 711. The van der Waals surface area contributed by atoms with Crippen molar-refractivity contribution in [2.24, 2.45) is 0 Å². The Hall–Kier alpha value is -2.22. The Kier molecular flexibility index (Phi) is 6.28. The normalized spacial score (nSPS) is 10.2. The van der Waals surface area contributed by atoms with Crippen LogP contribution in [0.15, 0.2) is 36.4 Å². The van der Waals surface area contributed by atoms with Crippen LogP contribution in [0.25, 0.3) is 0 Å². The van der Waals surface area contributed by atoms with Gasteiger partial charge in [-0.15, -0.1) is 0 Å². The fourth-order valence-corrected chi connectivity index (χ4v) is 2.29. The first-order valence-corrected chi connectivity index (χ1v) is 7.84. The van der Waals surface area contributed by atoms with Gasteiger partial charge in [0.2, 0.25) is 0 Å². The summed E-state index contributed by atoms with van der Waals surface area (Å²) in [4.78, 5) is 0. The average molecular weight is 331 g/mol. The van der Waals surface area contributed by atoms with Crippen LogP contribution in [0.5, 0.6) is 17.2 Å². The van der Waals surface area contributed by atoms with Crippen LogP contribution in [0.2, 0.25) is 5.02 Å². The summed E-state index contributed by atoms with van der Waals surface area (Å²) in [6.07, 6.45) is 0.897. The van der Waals surface area contributed by atoms with Crippen LogP contribution in [0, 0.1) is 11.3 Å². The maximum Gasteiger partial charge on any atom is 0.169 e. The van der Waals surface area contributed by atoms with Gasteiger partial charge in [-0.25, -0.2) is 0 Å². The Morgan fingerprint density at radius 2 is 2.04 bits per heavy atom. The lowest BCUT2D eigenvalue weighted by molar-refractivity contribution is 0.298. The number of rotatable bonds is 7. The van der Waals surface area contributed by atoms with Gasteiger partial charge < -0.3 is 14.8 Å². The standard InChI is InChI=1S/C18H19ClN2O2/c1-3-9-22-18-14(12-21-2)5-4-6-16(18)23-17-10-15(19)8-7-13(17)11-20/h4-8,10,21H,3,9,12H2,1-2H3. The zero-order valence-corrected chi connectivity index (χ0v) is 14.0. The Morgan fingerprint density at radius 1 is 1.22 bits per heavy atom. The van der Waals surface area contributed by atoms with Crippen molar-refractivity contribution < 1.29 is 9.47 Å². The second-order valence-corrected chi connectivity index (χ2v) is 5.41. The maximum atomic E-state index is 9.22. The number of ether oxygens (including phenoxy) is 2. The molecular formula is C18H19ClN2O2. The fraction of sp³-hybridized carbons (Fsp3) is 0.278. The molecule has 0 bridgehead atoms. The fourth-order valence-electron chi connectivity index (χ4n) is 2.13. The van der Waals surface area contributed by atoms with Gasteiger partial charge >= 0.3 is 0 Å². The highest BCUT2D eigenvalue weighted by Gasteiger charge is 2.14. The van der Waals surface area contributed by atoms with E-state index >= 15 is 0 Å². The van der Waals surface area contributed by atoms with E-state index in [1.165, 1.54) is 0 Å². The molecule has 0 saturated heterocycles. The third-order valence-electron chi connectivity index (χ3n) is 3.16. The number of hydrogen-bond acceptors (Lipinski definition) is 4. The molecule has 0 fully saturated rings. The Morgan fingerprint density at radius 3 is 2.74 bits per heavy atom. The van der Waals surface area contributed by atoms with Gasteiger partial charge in [0, 0.05) is 23.2 Å². The van der Waals surface area contributed by atoms with Crippen LogP contribution in [0.1, 0.15) is 24.5 Å². The van der Waals surface area contributed by atoms with Crippen LogP contribution in [0.3, 0.4) is 0 Å². The van der Waals surface area contributed by atoms with Crippen molar-refractivity contribution >= 4 is 11.6 Å². The zero-order valence-electron chi connectivity index (χ0n) is 13.2. The van der Waals surface area contributed by atoms with E-state index in [0.717, 1.165) is 12.0 Å². The van der Waals surface area contributed by atoms with Crippen molar-refractivity contribution in [1.29, 1.82) is 5.26 Å². The summed E-state index contributed by atoms with van der Waals surface area (Å²) in [5, 5.41) is 12.9. The number of para-hydroxylation sites is 1. The molecule has 1 N–H and O–H groups in total. The average Bonchev–Trinajstić information content (AvgIpc) is 2.55. The van der Waals surface area contributed by atoms with Crippen LogP contribution in [0.4, 0.5) is 0 Å². The van der Waals surface area contributed by atoms with E-state index in [1.54, 1.807) is 18.2 Å². The summed E-state index contributed by atoms with van der Waals surface area (Å²) >= 11 is 6.01. The minimum Gasteiger partial charge on any atom is -0.489 e. The lowest BCUT2D eigenvalue weighted by Gasteiger charge is -2.16. The Labute approximate surface area is 141 Å². The molecule has 0 atom stereocenters. The molecule has 0 aliphatic heterocycles. The van der Waals surface area contributed by atoms with Crippen LogP contribution >= 0.6 is 11.6 Å². The van der Waals surface area contributed by atoms with E-state index < -0.39 is 0 Å². The Balaban J connectivity index is 2.41. The summed E-state index contributed by atoms with van der Waals surface area (Å²) in [6, 6.07) is 12.8. The predicted molar refractivity (Wildman–Crippen MR) is 91.2 cm³/mol. The number of nitrogens with zero attached hydrogens (tertiary/aromatic N) is 1. The van der Waals surface area contributed by atoms with Crippen molar-refractivity contribution in [3.05, 3.63) is 52.5 Å². The maximum absolute atomic E-state index is 9.22. The van der Waals surface area contributed by atoms with Crippen molar-refractivity contribution in [2.45, 2.75) is 19.9 Å². The van der Waals surface area contributed by atoms with Crippen molar-refractivity contribution in [1.82, 2.24) is 5.32 Å². The van der Waals surface area contributed by atoms with Crippen molar-refractivity contribution in [3.8, 4) is 23.3 Å². The lowest BCUT2D eigenvalue weighted by Crippen LogP contribution is -2.08. The highest BCUT2D eigenvalue weighted by molar-refractivity contribution is 6.30. The first kappa shape index (κ1) is 17.1. The smallest absolute Gasteiger partial charge is 0.169 e. The highest BCUT2D eigenvalue weighted by Crippen LogP contribution is 2.36. The van der Waals surface area contributed by atoms with Gasteiger partial charge in [0.05, 0.1) is 12.2 Å². The summed E-state index contributed by atoms with van der Waals surface area (Å²) in [6.45, 7) is 3.31. The molecule has 0 aromatic heterocycles. The molecule has 0 heterocycles. The molecule has 0 radical (unpaired) electrons. The second kappa shape index (κ2) is 8.42. The molecular weight excluding hydrogens is 312 g/mol. The largest absolute Gasteiger partial charge is 0.489 e. The van der Waals surface area contributed by atoms with E-state index in [-0.39, 0.29) is 0 Å². The summed E-state index contributed by atoms with van der Waals surface area (Å²) in [5.74, 6) is 1.68. The molecule has 23 heavy (non-hydrogen) atoms. The van der Waals surface area contributed by atoms with Crippen LogP contribution in [-0.4, -0.2) is 13.7 Å². The minimum atomic E-state index is 0.419. The molecule has 120 valence electrons. The molecule has 4 nitrogen and oxygen atoms in total. The van der Waals surface area contributed by atoms with Gasteiger partial charge in [-0.1, -0.05) is 30.7 Å². The number of halogens is 1. The second-order valence-electron chi connectivity index (χ2n) is 4.98. The number of nitrogens with one attached hydrogen (secondary N) is 1. The third kappa shape index (κ3) is 4.38. The summed E-state index contributed by atoms with van der Waals surface area (Å²) in [5.41, 5.74) is 1.42. The van der Waals surface area contributed by atoms with Gasteiger partial charge in [-0.2, -0.15) is 5.26 Å². The SMILES string of the molecule is CCCOc1c(CNC)cccc1Oc1cc(Cl)ccc1C#N. The first-order chi connectivity index (χ1) is 11.2. The van der Waals surface area contributed by atoms with Crippen molar-refractivity contribution in [3.63, 3.8) is 0 Å². The monoisotopic (exact) mass is 330 g/mol. The molecule has 0 aliphatic carbocycles. The topological polar surface area (TPSA) is 54.3 Å². The molecule has 0 spiro atoms. The van der Waals surface area contributed by atoms with E-state index in [0.29, 0.717) is 41.0 Å². The first-order valence-electron chi connectivity index (χ1n) is 7.46. The van der Waals surface area contributed by atoms with Gasteiger partial charge in [-0.05, 0) is 31.7 Å². The predicted octanol–water partition coefficient (Wildman–Crippen LogP) is 4.51. The molecule has 0 aliphatic rings. The molecule has 2 rings (SSSR count). The van der Waals surface area contributed by atoms with E-state index in [4.69, 9.17) is 21.1 Å². The minimum absolute atomic E-state index is 0.419. The molecule has 2 aromatic carbocycles. The lowest BCUT2D eigenvalue weighted by atomic mass is 10.1. The van der Waals surface area contributed by atoms with E-state index in [2.05, 4.69) is 11.4 Å². The van der Waals surface area contributed by atoms with Crippen LogP contribution < -0.4 is 14.8 Å². The summed E-state index contributed by atoms with van der Waals surface area (Å²) in [7, 11) is 1.88. The molecule has 0 amide bonds. The molecule has 0 unspecified atom stereocenters. The van der Waals surface area contributed by atoms with E-state index in [9.17, 15) is 5.26 Å². The molecule has 5 heteroatoms. The quantitative estimate of drug-likeness (QED) is 0.811. The van der Waals surface area contributed by atoms with Gasteiger partial charge in [0.1, 0.15) is 11.8 Å². The van der Waals surface area contributed by atoms with Crippen LogP contribution in [-0.2, 0) is 6.54 Å². The number of benzene rings is 2. The third-order valence-corrected chi connectivity index (χ3v) is 3.40. The highest BCUT2D eigenvalue weighted by atomic mass is 35.5. The molecule has 0 saturated carbocycles. The van der Waals surface area contributed by atoms with Crippen molar-refractivity contribution in [2.75, 3.05) is 13.7 Å². The number of hydrogen-bond donors (Lipinski definition) is 1. The van der Waals surface area contributed by atoms with Gasteiger partial charge in [0.25, 0.3) is 0 Å². The van der Waals surface area contributed by atoms with Gasteiger partial charge in [-0.3, -0.25) is 0 Å². The van der Waals surface area contributed by atoms with E-state index in [1.807, 2.05) is 32.2 Å². The molecule has 2 aromatic rings.